The Kier molecular flexibility index (Phi) is 4.63. The fourth-order valence-electron chi connectivity index (χ4n) is 2.06. The molecule has 0 saturated carbocycles. The van der Waals surface area contributed by atoms with Crippen LogP contribution in [0.3, 0.4) is 0 Å². The van der Waals surface area contributed by atoms with Crippen molar-refractivity contribution >= 4 is 22.8 Å². The molecular formula is C14H22N4O. The maximum atomic E-state index is 5.71. The molecule has 0 aliphatic heterocycles. The Hall–Kier alpha value is -1.75. The first-order chi connectivity index (χ1) is 9.22. The highest BCUT2D eigenvalue weighted by atomic mass is 16.4. The molecule has 0 aliphatic rings. The van der Waals surface area contributed by atoms with E-state index in [-0.39, 0.29) is 0 Å². The molecule has 0 fully saturated rings. The molecule has 1 aromatic carbocycles. The number of nitrogen functional groups attached to an aromatic ring is 1. The molecule has 0 amide bonds. The molecule has 0 aliphatic carbocycles. The molecule has 0 atom stereocenters. The van der Waals surface area contributed by atoms with Crippen LogP contribution in [-0.2, 0) is 0 Å². The summed E-state index contributed by atoms with van der Waals surface area (Å²) in [5.41, 5.74) is 7.98. The lowest BCUT2D eigenvalue weighted by atomic mass is 10.3. The largest absolute Gasteiger partial charge is 0.424 e. The van der Waals surface area contributed by atoms with Gasteiger partial charge in [0.15, 0.2) is 5.58 Å². The second kappa shape index (κ2) is 6.43. The van der Waals surface area contributed by atoms with E-state index in [4.69, 9.17) is 10.2 Å². The third-order valence-electron chi connectivity index (χ3n) is 3.23. The van der Waals surface area contributed by atoms with Crippen molar-refractivity contribution in [3.8, 4) is 0 Å². The number of hydrogen-bond donors (Lipinski definition) is 2. The SMILES string of the molecule is CCN(CC)CCCNc1nc2cc(N)ccc2o1. The maximum Gasteiger partial charge on any atom is 0.295 e. The minimum absolute atomic E-state index is 0.570. The third kappa shape index (κ3) is 3.61. The molecule has 0 saturated heterocycles. The van der Waals surface area contributed by atoms with Gasteiger partial charge in [-0.05, 0) is 44.3 Å². The molecule has 1 aromatic heterocycles. The van der Waals surface area contributed by atoms with Gasteiger partial charge in [-0.2, -0.15) is 4.98 Å². The highest BCUT2D eigenvalue weighted by molar-refractivity contribution is 5.78. The summed E-state index contributed by atoms with van der Waals surface area (Å²) in [4.78, 5) is 6.76. The summed E-state index contributed by atoms with van der Waals surface area (Å²) in [6.07, 6.45) is 1.07. The summed E-state index contributed by atoms with van der Waals surface area (Å²) in [7, 11) is 0. The van der Waals surface area contributed by atoms with E-state index < -0.39 is 0 Å². The quantitative estimate of drug-likeness (QED) is 0.593. The van der Waals surface area contributed by atoms with Gasteiger partial charge < -0.3 is 20.4 Å². The summed E-state index contributed by atoms with van der Waals surface area (Å²) in [5.74, 6) is 0. The van der Waals surface area contributed by atoms with Gasteiger partial charge in [0.25, 0.3) is 6.01 Å². The van der Waals surface area contributed by atoms with Crippen molar-refractivity contribution in [1.29, 1.82) is 0 Å². The van der Waals surface area contributed by atoms with E-state index in [1.807, 2.05) is 18.2 Å². The predicted octanol–water partition coefficient (Wildman–Crippen LogP) is 2.55. The number of aromatic nitrogens is 1. The monoisotopic (exact) mass is 262 g/mol. The van der Waals surface area contributed by atoms with E-state index >= 15 is 0 Å². The van der Waals surface area contributed by atoms with Crippen LogP contribution >= 0.6 is 0 Å². The predicted molar refractivity (Wildman–Crippen MR) is 79.3 cm³/mol. The van der Waals surface area contributed by atoms with Crippen LogP contribution in [0.2, 0.25) is 0 Å². The van der Waals surface area contributed by atoms with Crippen LogP contribution in [-0.4, -0.2) is 36.1 Å². The number of nitrogens with one attached hydrogen (secondary N) is 1. The summed E-state index contributed by atoms with van der Waals surface area (Å²) < 4.78 is 5.59. The fraction of sp³-hybridized carbons (Fsp3) is 0.500. The van der Waals surface area contributed by atoms with Crippen LogP contribution in [0.25, 0.3) is 11.1 Å². The number of benzene rings is 1. The molecule has 5 heteroatoms. The second-order valence-corrected chi connectivity index (χ2v) is 4.55. The Morgan fingerprint density at radius 3 is 2.84 bits per heavy atom. The smallest absolute Gasteiger partial charge is 0.295 e. The molecule has 0 spiro atoms. The molecule has 5 nitrogen and oxygen atoms in total. The normalized spacial score (nSPS) is 11.3. The van der Waals surface area contributed by atoms with Gasteiger partial charge in [-0.3, -0.25) is 0 Å². The standard InChI is InChI=1S/C14H22N4O/c1-3-18(4-2)9-5-8-16-14-17-12-10-11(15)6-7-13(12)19-14/h6-7,10H,3-5,8-9,15H2,1-2H3,(H,16,17). The van der Waals surface area contributed by atoms with Crippen molar-refractivity contribution in [1.82, 2.24) is 9.88 Å². The number of rotatable bonds is 7. The zero-order chi connectivity index (χ0) is 13.7. The lowest BCUT2D eigenvalue weighted by Gasteiger charge is -2.17. The first-order valence-corrected chi connectivity index (χ1v) is 6.85. The van der Waals surface area contributed by atoms with Crippen molar-refractivity contribution in [2.24, 2.45) is 0 Å². The first-order valence-electron chi connectivity index (χ1n) is 6.85. The Morgan fingerprint density at radius 1 is 1.32 bits per heavy atom. The Balaban J connectivity index is 1.84. The third-order valence-corrected chi connectivity index (χ3v) is 3.23. The molecule has 2 aromatic rings. The number of nitrogens with two attached hydrogens (primary N) is 1. The van der Waals surface area contributed by atoms with Crippen LogP contribution < -0.4 is 11.1 Å². The van der Waals surface area contributed by atoms with E-state index in [1.54, 1.807) is 0 Å². The van der Waals surface area contributed by atoms with Crippen LogP contribution in [0.5, 0.6) is 0 Å². The number of oxazole rings is 1. The van der Waals surface area contributed by atoms with Crippen molar-refractivity contribution in [2.45, 2.75) is 20.3 Å². The summed E-state index contributed by atoms with van der Waals surface area (Å²) in [6.45, 7) is 8.51. The van der Waals surface area contributed by atoms with Gasteiger partial charge >= 0.3 is 0 Å². The molecule has 104 valence electrons. The van der Waals surface area contributed by atoms with Crippen molar-refractivity contribution < 1.29 is 4.42 Å². The van der Waals surface area contributed by atoms with E-state index in [9.17, 15) is 0 Å². The fourth-order valence-corrected chi connectivity index (χ4v) is 2.06. The van der Waals surface area contributed by atoms with Crippen molar-refractivity contribution in [3.05, 3.63) is 18.2 Å². The maximum absolute atomic E-state index is 5.71. The average Bonchev–Trinajstić information content (AvgIpc) is 2.80. The summed E-state index contributed by atoms with van der Waals surface area (Å²) >= 11 is 0. The Bertz CT molecular complexity index is 519. The van der Waals surface area contributed by atoms with Crippen LogP contribution in [0.1, 0.15) is 20.3 Å². The molecular weight excluding hydrogens is 240 g/mol. The molecule has 3 N–H and O–H groups in total. The first kappa shape index (κ1) is 13.7. The van der Waals surface area contributed by atoms with Gasteiger partial charge in [0.05, 0.1) is 0 Å². The minimum atomic E-state index is 0.570. The van der Waals surface area contributed by atoms with E-state index in [0.29, 0.717) is 11.7 Å². The highest BCUT2D eigenvalue weighted by Gasteiger charge is 2.05. The molecule has 0 bridgehead atoms. The van der Waals surface area contributed by atoms with E-state index in [1.165, 1.54) is 0 Å². The lowest BCUT2D eigenvalue weighted by Crippen LogP contribution is -2.25. The minimum Gasteiger partial charge on any atom is -0.424 e. The second-order valence-electron chi connectivity index (χ2n) is 4.55. The number of anilines is 2. The molecule has 19 heavy (non-hydrogen) atoms. The lowest BCUT2D eigenvalue weighted by molar-refractivity contribution is 0.302. The zero-order valence-corrected chi connectivity index (χ0v) is 11.6. The van der Waals surface area contributed by atoms with Crippen molar-refractivity contribution in [3.63, 3.8) is 0 Å². The van der Waals surface area contributed by atoms with Gasteiger partial charge in [0.2, 0.25) is 0 Å². The average molecular weight is 262 g/mol. The number of fused-ring (bicyclic) bond motifs is 1. The molecule has 0 radical (unpaired) electrons. The van der Waals surface area contributed by atoms with Crippen LogP contribution in [0.4, 0.5) is 11.7 Å². The highest BCUT2D eigenvalue weighted by Crippen LogP contribution is 2.20. The van der Waals surface area contributed by atoms with Gasteiger partial charge in [-0.1, -0.05) is 13.8 Å². The number of nitrogens with zero attached hydrogens (tertiary/aromatic N) is 2. The van der Waals surface area contributed by atoms with E-state index in [2.05, 4.69) is 29.0 Å². The van der Waals surface area contributed by atoms with Crippen LogP contribution in [0, 0.1) is 0 Å². The van der Waals surface area contributed by atoms with Gasteiger partial charge in [0, 0.05) is 12.2 Å². The molecule has 2 rings (SSSR count). The van der Waals surface area contributed by atoms with Crippen LogP contribution in [0.15, 0.2) is 22.6 Å². The van der Waals surface area contributed by atoms with Crippen molar-refractivity contribution in [2.75, 3.05) is 37.2 Å². The molecule has 0 unspecified atom stereocenters. The van der Waals surface area contributed by atoms with Gasteiger partial charge in [-0.15, -0.1) is 0 Å². The topological polar surface area (TPSA) is 67.3 Å². The summed E-state index contributed by atoms with van der Waals surface area (Å²) in [5, 5.41) is 3.21. The Morgan fingerprint density at radius 2 is 2.11 bits per heavy atom. The zero-order valence-electron chi connectivity index (χ0n) is 11.6. The van der Waals surface area contributed by atoms with Gasteiger partial charge in [-0.25, -0.2) is 0 Å². The summed E-state index contributed by atoms with van der Waals surface area (Å²) in [6, 6.07) is 6.05. The molecule has 1 heterocycles. The number of hydrogen-bond acceptors (Lipinski definition) is 5. The Labute approximate surface area is 113 Å². The van der Waals surface area contributed by atoms with Gasteiger partial charge in [0.1, 0.15) is 5.52 Å². The van der Waals surface area contributed by atoms with E-state index in [0.717, 1.165) is 43.7 Å².